The summed E-state index contributed by atoms with van der Waals surface area (Å²) in [6, 6.07) is 10.5. The minimum Gasteiger partial charge on any atom is -0.493 e. The highest BCUT2D eigenvalue weighted by molar-refractivity contribution is 5.77. The Morgan fingerprint density at radius 2 is 1.92 bits per heavy atom. The molecule has 0 radical (unpaired) electrons. The lowest BCUT2D eigenvalue weighted by atomic mass is 9.88. The maximum absolute atomic E-state index is 13.0. The molecule has 0 unspecified atom stereocenters. The van der Waals surface area contributed by atoms with Crippen molar-refractivity contribution in [2.24, 2.45) is 0 Å². The molecule has 1 aromatic carbocycles. The van der Waals surface area contributed by atoms with E-state index in [0.29, 0.717) is 22.7 Å². The molecule has 0 bridgehead atoms. The van der Waals surface area contributed by atoms with E-state index in [1.165, 1.54) is 11.5 Å². The zero-order valence-electron chi connectivity index (χ0n) is 14.3. The predicted octanol–water partition coefficient (Wildman–Crippen LogP) is 2.15. The van der Waals surface area contributed by atoms with Gasteiger partial charge in [0.2, 0.25) is 5.88 Å². The minimum absolute atomic E-state index is 0.0539. The van der Waals surface area contributed by atoms with E-state index in [1.54, 1.807) is 43.6 Å². The van der Waals surface area contributed by atoms with Crippen molar-refractivity contribution in [3.8, 4) is 17.4 Å². The molecule has 1 aliphatic rings. The van der Waals surface area contributed by atoms with Gasteiger partial charge in [-0.2, -0.15) is 4.98 Å². The Morgan fingerprint density at radius 1 is 1.12 bits per heavy atom. The summed E-state index contributed by atoms with van der Waals surface area (Å²) >= 11 is 0. The molecule has 0 amide bonds. The van der Waals surface area contributed by atoms with Gasteiger partial charge in [-0.05, 0) is 29.8 Å². The van der Waals surface area contributed by atoms with Gasteiger partial charge in [-0.1, -0.05) is 12.1 Å². The van der Waals surface area contributed by atoms with Crippen LogP contribution in [0, 0.1) is 0 Å². The first-order valence-electron chi connectivity index (χ1n) is 8.06. The molecule has 26 heavy (non-hydrogen) atoms. The third-order valence-electron chi connectivity index (χ3n) is 4.47. The van der Waals surface area contributed by atoms with E-state index in [2.05, 4.69) is 4.98 Å². The zero-order valence-corrected chi connectivity index (χ0v) is 14.3. The molecule has 2 aromatic heterocycles. The molecule has 0 aliphatic carbocycles. The van der Waals surface area contributed by atoms with E-state index in [0.717, 1.165) is 5.56 Å². The van der Waals surface area contributed by atoms with Crippen LogP contribution in [0.4, 0.5) is 0 Å². The number of esters is 1. The summed E-state index contributed by atoms with van der Waals surface area (Å²) in [5, 5.41) is 0. The largest absolute Gasteiger partial charge is 0.493 e. The Kier molecular flexibility index (Phi) is 3.84. The van der Waals surface area contributed by atoms with Crippen molar-refractivity contribution in [2.75, 3.05) is 14.2 Å². The van der Waals surface area contributed by atoms with E-state index in [-0.39, 0.29) is 17.9 Å². The van der Waals surface area contributed by atoms with E-state index in [9.17, 15) is 9.59 Å². The molecule has 3 heterocycles. The summed E-state index contributed by atoms with van der Waals surface area (Å²) < 4.78 is 17.3. The average molecular weight is 352 g/mol. The first-order valence-corrected chi connectivity index (χ1v) is 8.06. The first kappa shape index (κ1) is 16.1. The molecule has 0 saturated carbocycles. The molecule has 4 rings (SSSR count). The molecule has 0 fully saturated rings. The van der Waals surface area contributed by atoms with Crippen LogP contribution < -0.4 is 19.8 Å². The number of carbonyl (C=O) groups is 1. The molecule has 0 saturated heterocycles. The van der Waals surface area contributed by atoms with Crippen molar-refractivity contribution < 1.29 is 19.0 Å². The minimum atomic E-state index is -0.469. The molecule has 0 spiro atoms. The number of rotatable bonds is 3. The Labute approximate surface area is 148 Å². The highest BCUT2D eigenvalue weighted by Gasteiger charge is 2.33. The smallest absolute Gasteiger partial charge is 0.313 e. The number of hydrogen-bond donors (Lipinski definition) is 0. The van der Waals surface area contributed by atoms with Crippen molar-refractivity contribution in [3.05, 3.63) is 64.1 Å². The number of hydrogen-bond acceptors (Lipinski definition) is 6. The molecule has 7 nitrogen and oxygen atoms in total. The fourth-order valence-corrected chi connectivity index (χ4v) is 3.23. The number of methoxy groups -OCH3 is 2. The van der Waals surface area contributed by atoms with Crippen LogP contribution in [0.15, 0.2) is 47.4 Å². The van der Waals surface area contributed by atoms with Crippen LogP contribution in [0.1, 0.15) is 23.5 Å². The SMILES string of the molecule is COc1ccc([C@H]2CC(=O)Oc3nc4ccccn4c(=O)c32)cc1OC. The van der Waals surface area contributed by atoms with E-state index >= 15 is 0 Å². The number of fused-ring (bicyclic) bond motifs is 2. The van der Waals surface area contributed by atoms with Gasteiger partial charge >= 0.3 is 5.97 Å². The molecular formula is C19H16N2O5. The van der Waals surface area contributed by atoms with Crippen molar-refractivity contribution in [2.45, 2.75) is 12.3 Å². The van der Waals surface area contributed by atoms with Gasteiger partial charge in [-0.15, -0.1) is 0 Å². The Morgan fingerprint density at radius 3 is 2.69 bits per heavy atom. The predicted molar refractivity (Wildman–Crippen MR) is 93.1 cm³/mol. The summed E-state index contributed by atoms with van der Waals surface area (Å²) in [6.45, 7) is 0. The second-order valence-electron chi connectivity index (χ2n) is 5.91. The number of carbonyl (C=O) groups excluding carboxylic acids is 1. The van der Waals surface area contributed by atoms with Crippen molar-refractivity contribution >= 4 is 11.6 Å². The highest BCUT2D eigenvalue weighted by Crippen LogP contribution is 2.39. The summed E-state index contributed by atoms with van der Waals surface area (Å²) in [7, 11) is 3.09. The maximum Gasteiger partial charge on any atom is 0.313 e. The highest BCUT2D eigenvalue weighted by atomic mass is 16.5. The standard InChI is InChI=1S/C19H16N2O5/c1-24-13-7-6-11(9-14(13)25-2)12-10-16(22)26-18-17(12)19(23)21-8-4-3-5-15(21)20-18/h3-9,12H,10H2,1-2H3/t12-/m1/s1. The van der Waals surface area contributed by atoms with E-state index in [1.807, 2.05) is 6.07 Å². The second kappa shape index (κ2) is 6.18. The van der Waals surface area contributed by atoms with Crippen molar-refractivity contribution in [1.82, 2.24) is 9.38 Å². The third-order valence-corrected chi connectivity index (χ3v) is 4.47. The number of pyridine rings is 1. The van der Waals surface area contributed by atoms with Crippen LogP contribution in [0.2, 0.25) is 0 Å². The topological polar surface area (TPSA) is 79.1 Å². The monoisotopic (exact) mass is 352 g/mol. The quantitative estimate of drug-likeness (QED) is 0.672. The van der Waals surface area contributed by atoms with Crippen LogP contribution in [0.5, 0.6) is 17.4 Å². The molecule has 7 heteroatoms. The van der Waals surface area contributed by atoms with Gasteiger partial charge in [-0.25, -0.2) is 0 Å². The van der Waals surface area contributed by atoms with Gasteiger partial charge in [0.15, 0.2) is 11.5 Å². The molecule has 1 atom stereocenters. The maximum atomic E-state index is 13.0. The summed E-state index contributed by atoms with van der Waals surface area (Å²) in [6.07, 6.45) is 1.70. The average Bonchev–Trinajstić information content (AvgIpc) is 2.66. The summed E-state index contributed by atoms with van der Waals surface area (Å²) in [5.41, 5.74) is 1.30. The Hall–Kier alpha value is -3.35. The molecule has 1 aliphatic heterocycles. The second-order valence-corrected chi connectivity index (χ2v) is 5.91. The molecule has 132 valence electrons. The van der Waals surface area contributed by atoms with Crippen LogP contribution in [-0.4, -0.2) is 29.6 Å². The Balaban J connectivity index is 1.94. The van der Waals surface area contributed by atoms with Gasteiger partial charge in [0.1, 0.15) is 5.65 Å². The van der Waals surface area contributed by atoms with Gasteiger partial charge in [0.05, 0.1) is 26.2 Å². The fraction of sp³-hybridized carbons (Fsp3) is 0.211. The summed E-state index contributed by atoms with van der Waals surface area (Å²) in [4.78, 5) is 29.5. The number of aromatic nitrogens is 2. The number of benzene rings is 1. The molecule has 3 aromatic rings. The van der Waals surface area contributed by atoms with Crippen molar-refractivity contribution in [1.29, 1.82) is 0 Å². The van der Waals surface area contributed by atoms with Gasteiger partial charge in [0.25, 0.3) is 5.56 Å². The first-order chi connectivity index (χ1) is 12.6. The zero-order chi connectivity index (χ0) is 18.3. The normalized spacial score (nSPS) is 16.1. The van der Waals surface area contributed by atoms with Crippen LogP contribution >= 0.6 is 0 Å². The Bertz CT molecular complexity index is 1070. The van der Waals surface area contributed by atoms with E-state index < -0.39 is 11.9 Å². The van der Waals surface area contributed by atoms with E-state index in [4.69, 9.17) is 14.2 Å². The molecular weight excluding hydrogens is 336 g/mol. The number of nitrogens with zero attached hydrogens (tertiary/aromatic N) is 2. The summed E-state index contributed by atoms with van der Waals surface area (Å²) in [5.74, 6) is 0.271. The van der Waals surface area contributed by atoms with Crippen LogP contribution in [0.3, 0.4) is 0 Å². The van der Waals surface area contributed by atoms with Gasteiger partial charge in [0, 0.05) is 12.1 Å². The number of ether oxygens (including phenoxy) is 3. The lowest BCUT2D eigenvalue weighted by Crippen LogP contribution is -2.31. The lowest BCUT2D eigenvalue weighted by Gasteiger charge is -2.24. The van der Waals surface area contributed by atoms with Gasteiger partial charge in [-0.3, -0.25) is 14.0 Å². The van der Waals surface area contributed by atoms with Crippen LogP contribution in [-0.2, 0) is 4.79 Å². The fourth-order valence-electron chi connectivity index (χ4n) is 3.23. The van der Waals surface area contributed by atoms with Gasteiger partial charge < -0.3 is 14.2 Å². The van der Waals surface area contributed by atoms with Crippen molar-refractivity contribution in [3.63, 3.8) is 0 Å². The lowest BCUT2D eigenvalue weighted by molar-refractivity contribution is -0.135. The van der Waals surface area contributed by atoms with Crippen LogP contribution in [0.25, 0.3) is 5.65 Å². The molecule has 0 N–H and O–H groups in total. The third kappa shape index (κ3) is 2.48.